The van der Waals surface area contributed by atoms with E-state index in [0.29, 0.717) is 11.3 Å². The SMILES string of the molecule is N#Cc1cnc(C(=O)NC2CCCCC2)c2ccccc12. The molecule has 1 heterocycles. The van der Waals surface area contributed by atoms with Crippen molar-refractivity contribution in [3.63, 3.8) is 0 Å². The summed E-state index contributed by atoms with van der Waals surface area (Å²) in [6.45, 7) is 0. The Kier molecular flexibility index (Phi) is 3.83. The highest BCUT2D eigenvalue weighted by Crippen LogP contribution is 2.22. The molecule has 1 fully saturated rings. The molecule has 4 heteroatoms. The van der Waals surface area contributed by atoms with E-state index in [1.807, 2.05) is 24.3 Å². The van der Waals surface area contributed by atoms with Crippen LogP contribution in [0.25, 0.3) is 10.8 Å². The van der Waals surface area contributed by atoms with Crippen LogP contribution in [0.5, 0.6) is 0 Å². The van der Waals surface area contributed by atoms with E-state index in [1.54, 1.807) is 0 Å². The molecule has 0 saturated heterocycles. The van der Waals surface area contributed by atoms with Gasteiger partial charge in [-0.1, -0.05) is 43.5 Å². The van der Waals surface area contributed by atoms with Gasteiger partial charge in [0.1, 0.15) is 11.8 Å². The van der Waals surface area contributed by atoms with Crippen molar-refractivity contribution in [3.05, 3.63) is 41.7 Å². The Labute approximate surface area is 123 Å². The van der Waals surface area contributed by atoms with Crippen molar-refractivity contribution in [1.82, 2.24) is 10.3 Å². The Hall–Kier alpha value is -2.41. The van der Waals surface area contributed by atoms with Crippen LogP contribution >= 0.6 is 0 Å². The molecule has 1 aliphatic rings. The van der Waals surface area contributed by atoms with Crippen LogP contribution in [-0.4, -0.2) is 16.9 Å². The third kappa shape index (κ3) is 2.73. The maximum Gasteiger partial charge on any atom is 0.270 e. The number of nitrogens with zero attached hydrogens (tertiary/aromatic N) is 2. The zero-order chi connectivity index (χ0) is 14.7. The average Bonchev–Trinajstić information content (AvgIpc) is 2.54. The highest BCUT2D eigenvalue weighted by Gasteiger charge is 2.19. The number of pyridine rings is 1. The predicted molar refractivity (Wildman–Crippen MR) is 80.8 cm³/mol. The fourth-order valence-corrected chi connectivity index (χ4v) is 2.96. The quantitative estimate of drug-likeness (QED) is 0.918. The van der Waals surface area contributed by atoms with E-state index in [9.17, 15) is 4.79 Å². The minimum absolute atomic E-state index is 0.136. The molecule has 106 valence electrons. The van der Waals surface area contributed by atoms with Gasteiger partial charge in [0.15, 0.2) is 0 Å². The Balaban J connectivity index is 1.93. The maximum atomic E-state index is 12.5. The number of fused-ring (bicyclic) bond motifs is 1. The van der Waals surface area contributed by atoms with Crippen LogP contribution in [0.3, 0.4) is 0 Å². The highest BCUT2D eigenvalue weighted by molar-refractivity contribution is 6.06. The molecule has 2 aromatic rings. The molecule has 0 bridgehead atoms. The van der Waals surface area contributed by atoms with E-state index < -0.39 is 0 Å². The molecular formula is C17H17N3O. The van der Waals surface area contributed by atoms with Crippen LogP contribution in [-0.2, 0) is 0 Å². The first-order valence-electron chi connectivity index (χ1n) is 7.38. The molecule has 0 atom stereocenters. The fourth-order valence-electron chi connectivity index (χ4n) is 2.96. The van der Waals surface area contributed by atoms with E-state index in [0.717, 1.165) is 23.6 Å². The number of hydrogen-bond acceptors (Lipinski definition) is 3. The molecule has 1 aliphatic carbocycles. The predicted octanol–water partition coefficient (Wildman–Crippen LogP) is 3.17. The van der Waals surface area contributed by atoms with Gasteiger partial charge in [0.05, 0.1) is 5.56 Å². The van der Waals surface area contributed by atoms with E-state index >= 15 is 0 Å². The van der Waals surface area contributed by atoms with Gasteiger partial charge in [-0.25, -0.2) is 4.98 Å². The summed E-state index contributed by atoms with van der Waals surface area (Å²) in [5, 5.41) is 13.7. The summed E-state index contributed by atoms with van der Waals surface area (Å²) in [6.07, 6.45) is 7.17. The van der Waals surface area contributed by atoms with E-state index in [1.165, 1.54) is 25.5 Å². The molecule has 1 aromatic heterocycles. The Bertz CT molecular complexity index is 712. The van der Waals surface area contributed by atoms with Gasteiger partial charge in [0, 0.05) is 23.0 Å². The van der Waals surface area contributed by atoms with Crippen LogP contribution in [0.15, 0.2) is 30.5 Å². The van der Waals surface area contributed by atoms with E-state index in [4.69, 9.17) is 5.26 Å². The first kappa shape index (κ1) is 13.6. The number of amides is 1. The Morgan fingerprint density at radius 2 is 1.90 bits per heavy atom. The standard InChI is InChI=1S/C17H17N3O/c18-10-12-11-19-16(15-9-5-4-8-14(12)15)17(21)20-13-6-2-1-3-7-13/h4-5,8-9,11,13H,1-3,6-7H2,(H,20,21). The molecule has 1 aromatic carbocycles. The lowest BCUT2D eigenvalue weighted by atomic mass is 9.95. The molecule has 0 aliphatic heterocycles. The van der Waals surface area contributed by atoms with Crippen molar-refractivity contribution < 1.29 is 4.79 Å². The highest BCUT2D eigenvalue weighted by atomic mass is 16.1. The summed E-state index contributed by atoms with van der Waals surface area (Å²) in [5.41, 5.74) is 0.912. The third-order valence-corrected chi connectivity index (χ3v) is 4.07. The molecule has 21 heavy (non-hydrogen) atoms. The molecule has 0 unspecified atom stereocenters. The zero-order valence-corrected chi connectivity index (χ0v) is 11.8. The van der Waals surface area contributed by atoms with Crippen molar-refractivity contribution in [3.8, 4) is 6.07 Å². The third-order valence-electron chi connectivity index (χ3n) is 4.07. The Morgan fingerprint density at radius 3 is 2.62 bits per heavy atom. The minimum atomic E-state index is -0.136. The van der Waals surface area contributed by atoms with Crippen LogP contribution in [0.2, 0.25) is 0 Å². The molecule has 3 rings (SSSR count). The summed E-state index contributed by atoms with van der Waals surface area (Å²) in [7, 11) is 0. The second-order valence-corrected chi connectivity index (χ2v) is 5.49. The van der Waals surface area contributed by atoms with Crippen LogP contribution in [0, 0.1) is 11.3 Å². The van der Waals surface area contributed by atoms with Crippen molar-refractivity contribution >= 4 is 16.7 Å². The van der Waals surface area contributed by atoms with Crippen molar-refractivity contribution in [2.45, 2.75) is 38.1 Å². The number of hydrogen-bond donors (Lipinski definition) is 1. The number of aromatic nitrogens is 1. The van der Waals surface area contributed by atoms with Gasteiger partial charge < -0.3 is 5.32 Å². The Morgan fingerprint density at radius 1 is 1.19 bits per heavy atom. The van der Waals surface area contributed by atoms with E-state index in [2.05, 4.69) is 16.4 Å². The second-order valence-electron chi connectivity index (χ2n) is 5.49. The summed E-state index contributed by atoms with van der Waals surface area (Å²) < 4.78 is 0. The van der Waals surface area contributed by atoms with Gasteiger partial charge in [0.25, 0.3) is 5.91 Å². The molecular weight excluding hydrogens is 262 g/mol. The summed E-state index contributed by atoms with van der Waals surface area (Å²) in [6, 6.07) is 9.81. The summed E-state index contributed by atoms with van der Waals surface area (Å²) >= 11 is 0. The maximum absolute atomic E-state index is 12.5. The number of nitriles is 1. The lowest BCUT2D eigenvalue weighted by Crippen LogP contribution is -2.36. The molecule has 1 saturated carbocycles. The number of nitrogens with one attached hydrogen (secondary N) is 1. The first-order chi connectivity index (χ1) is 10.3. The molecule has 1 amide bonds. The van der Waals surface area contributed by atoms with Crippen molar-refractivity contribution in [2.75, 3.05) is 0 Å². The van der Waals surface area contributed by atoms with Gasteiger partial charge in [-0.15, -0.1) is 0 Å². The lowest BCUT2D eigenvalue weighted by Gasteiger charge is -2.22. The minimum Gasteiger partial charge on any atom is -0.348 e. The molecule has 1 N–H and O–H groups in total. The van der Waals surface area contributed by atoms with Gasteiger partial charge in [-0.05, 0) is 12.8 Å². The van der Waals surface area contributed by atoms with Crippen LogP contribution in [0.1, 0.15) is 48.2 Å². The topological polar surface area (TPSA) is 65.8 Å². The second kappa shape index (κ2) is 5.92. The summed E-state index contributed by atoms with van der Waals surface area (Å²) in [5.74, 6) is -0.136. The average molecular weight is 279 g/mol. The van der Waals surface area contributed by atoms with Gasteiger partial charge in [-0.2, -0.15) is 5.26 Å². The molecule has 0 spiro atoms. The van der Waals surface area contributed by atoms with Crippen molar-refractivity contribution in [1.29, 1.82) is 5.26 Å². The van der Waals surface area contributed by atoms with Gasteiger partial charge in [-0.3, -0.25) is 4.79 Å². The fraction of sp³-hybridized carbons (Fsp3) is 0.353. The number of carbonyl (C=O) groups is 1. The lowest BCUT2D eigenvalue weighted by molar-refractivity contribution is 0.0924. The number of carbonyl (C=O) groups excluding carboxylic acids is 1. The molecule has 0 radical (unpaired) electrons. The first-order valence-corrected chi connectivity index (χ1v) is 7.38. The van der Waals surface area contributed by atoms with E-state index in [-0.39, 0.29) is 11.9 Å². The van der Waals surface area contributed by atoms with Gasteiger partial charge >= 0.3 is 0 Å². The van der Waals surface area contributed by atoms with Crippen molar-refractivity contribution in [2.24, 2.45) is 0 Å². The zero-order valence-electron chi connectivity index (χ0n) is 11.8. The van der Waals surface area contributed by atoms with Crippen LogP contribution in [0.4, 0.5) is 0 Å². The summed E-state index contributed by atoms with van der Waals surface area (Å²) in [4.78, 5) is 16.7. The largest absolute Gasteiger partial charge is 0.348 e. The number of rotatable bonds is 2. The normalized spacial score (nSPS) is 15.6. The molecule has 4 nitrogen and oxygen atoms in total. The van der Waals surface area contributed by atoms with Gasteiger partial charge in [0.2, 0.25) is 0 Å². The smallest absolute Gasteiger partial charge is 0.270 e. The number of benzene rings is 1. The monoisotopic (exact) mass is 279 g/mol. The van der Waals surface area contributed by atoms with Crippen LogP contribution < -0.4 is 5.32 Å².